The maximum atomic E-state index is 12.2. The highest BCUT2D eigenvalue weighted by molar-refractivity contribution is 5.96. The van der Waals surface area contributed by atoms with Gasteiger partial charge in [-0.3, -0.25) is 4.79 Å². The van der Waals surface area contributed by atoms with Gasteiger partial charge < -0.3 is 15.2 Å². The van der Waals surface area contributed by atoms with Crippen LogP contribution in [0, 0.1) is 18.8 Å². The number of hydrogen-bond acceptors (Lipinski definition) is 3. The fourth-order valence-electron chi connectivity index (χ4n) is 1.55. The van der Waals surface area contributed by atoms with Crippen LogP contribution >= 0.6 is 0 Å². The SMILES string of the molecule is COC(C)(C)CNC(=O)c1ccc(C)cc1C#CCO. The van der Waals surface area contributed by atoms with Crippen LogP contribution in [0.15, 0.2) is 18.2 Å². The number of aryl methyl sites for hydroxylation is 1. The van der Waals surface area contributed by atoms with Gasteiger partial charge in [-0.1, -0.05) is 17.9 Å². The summed E-state index contributed by atoms with van der Waals surface area (Å²) in [4.78, 5) is 12.2. The number of rotatable bonds is 4. The van der Waals surface area contributed by atoms with Crippen molar-refractivity contribution in [1.82, 2.24) is 5.32 Å². The summed E-state index contributed by atoms with van der Waals surface area (Å²) in [5.41, 5.74) is 1.72. The molecule has 1 aromatic carbocycles. The van der Waals surface area contributed by atoms with E-state index in [1.54, 1.807) is 13.2 Å². The number of carbonyl (C=O) groups is 1. The van der Waals surface area contributed by atoms with Gasteiger partial charge in [0, 0.05) is 19.2 Å². The number of methoxy groups -OCH3 is 1. The van der Waals surface area contributed by atoms with Gasteiger partial charge >= 0.3 is 0 Å². The molecule has 0 saturated carbocycles. The van der Waals surface area contributed by atoms with Gasteiger partial charge in [-0.15, -0.1) is 0 Å². The van der Waals surface area contributed by atoms with E-state index in [0.29, 0.717) is 17.7 Å². The zero-order chi connectivity index (χ0) is 15.2. The van der Waals surface area contributed by atoms with E-state index in [0.717, 1.165) is 5.56 Å². The van der Waals surface area contributed by atoms with Gasteiger partial charge in [-0.2, -0.15) is 0 Å². The minimum atomic E-state index is -0.419. The predicted octanol–water partition coefficient (Wildman–Crippen LogP) is 1.49. The number of ether oxygens (including phenoxy) is 1. The molecule has 1 amide bonds. The van der Waals surface area contributed by atoms with Crippen LogP contribution in [-0.4, -0.2) is 36.9 Å². The minimum Gasteiger partial charge on any atom is -0.384 e. The zero-order valence-corrected chi connectivity index (χ0v) is 12.4. The maximum absolute atomic E-state index is 12.2. The van der Waals surface area contributed by atoms with Crippen molar-refractivity contribution in [2.45, 2.75) is 26.4 Å². The lowest BCUT2D eigenvalue weighted by Gasteiger charge is -2.23. The molecule has 0 aliphatic carbocycles. The Hall–Kier alpha value is -1.83. The summed E-state index contributed by atoms with van der Waals surface area (Å²) in [6.07, 6.45) is 0. The van der Waals surface area contributed by atoms with Crippen LogP contribution in [-0.2, 0) is 4.74 Å². The quantitative estimate of drug-likeness (QED) is 0.819. The van der Waals surface area contributed by atoms with E-state index in [1.807, 2.05) is 32.9 Å². The lowest BCUT2D eigenvalue weighted by atomic mass is 10.0. The molecule has 0 atom stereocenters. The lowest BCUT2D eigenvalue weighted by Crippen LogP contribution is -2.39. The molecule has 1 aromatic rings. The average molecular weight is 275 g/mol. The first kappa shape index (κ1) is 16.2. The fourth-order valence-corrected chi connectivity index (χ4v) is 1.55. The number of hydrogen-bond donors (Lipinski definition) is 2. The minimum absolute atomic E-state index is 0.197. The van der Waals surface area contributed by atoms with Crippen LogP contribution in [0.2, 0.25) is 0 Å². The Kier molecular flexibility index (Phi) is 5.75. The summed E-state index contributed by atoms with van der Waals surface area (Å²) in [6, 6.07) is 5.44. The number of amides is 1. The molecule has 108 valence electrons. The molecule has 0 bridgehead atoms. The van der Waals surface area contributed by atoms with Crippen LogP contribution in [0.1, 0.15) is 35.3 Å². The van der Waals surface area contributed by atoms with Gasteiger partial charge in [0.15, 0.2) is 0 Å². The summed E-state index contributed by atoms with van der Waals surface area (Å²) >= 11 is 0. The van der Waals surface area contributed by atoms with Crippen molar-refractivity contribution in [3.63, 3.8) is 0 Å². The largest absolute Gasteiger partial charge is 0.384 e. The van der Waals surface area contributed by atoms with Crippen LogP contribution in [0.5, 0.6) is 0 Å². The summed E-state index contributed by atoms with van der Waals surface area (Å²) < 4.78 is 5.26. The first-order valence-electron chi connectivity index (χ1n) is 6.43. The molecule has 0 aromatic heterocycles. The Morgan fingerprint density at radius 3 is 2.75 bits per heavy atom. The second-order valence-electron chi connectivity index (χ2n) is 5.16. The lowest BCUT2D eigenvalue weighted by molar-refractivity contribution is 0.0228. The third-order valence-electron chi connectivity index (χ3n) is 2.95. The molecule has 2 N–H and O–H groups in total. The molecule has 0 saturated heterocycles. The first-order valence-corrected chi connectivity index (χ1v) is 6.43. The number of carbonyl (C=O) groups excluding carboxylic acids is 1. The Bertz CT molecular complexity index is 538. The van der Waals surface area contributed by atoms with Crippen molar-refractivity contribution in [2.24, 2.45) is 0 Å². The molecular formula is C16H21NO3. The predicted molar refractivity (Wildman–Crippen MR) is 78.6 cm³/mol. The van der Waals surface area contributed by atoms with E-state index in [9.17, 15) is 4.79 Å². The highest BCUT2D eigenvalue weighted by Crippen LogP contribution is 2.12. The maximum Gasteiger partial charge on any atom is 0.252 e. The second kappa shape index (κ2) is 7.09. The van der Waals surface area contributed by atoms with Crippen LogP contribution in [0.3, 0.4) is 0 Å². The molecule has 1 rings (SSSR count). The molecule has 20 heavy (non-hydrogen) atoms. The number of benzene rings is 1. The third kappa shape index (κ3) is 4.69. The fraction of sp³-hybridized carbons (Fsp3) is 0.438. The van der Waals surface area contributed by atoms with Gasteiger partial charge in [0.1, 0.15) is 6.61 Å². The van der Waals surface area contributed by atoms with Crippen molar-refractivity contribution >= 4 is 5.91 Å². The Morgan fingerprint density at radius 2 is 2.15 bits per heavy atom. The average Bonchev–Trinajstić information content (AvgIpc) is 2.42. The van der Waals surface area contributed by atoms with Crippen molar-refractivity contribution in [3.8, 4) is 11.8 Å². The highest BCUT2D eigenvalue weighted by Gasteiger charge is 2.18. The molecule has 0 spiro atoms. The van der Waals surface area contributed by atoms with Crippen LogP contribution < -0.4 is 5.32 Å². The molecule has 4 heteroatoms. The summed E-state index contributed by atoms with van der Waals surface area (Å²) in [5, 5.41) is 11.6. The molecule has 0 aliphatic heterocycles. The molecule has 0 unspecified atom stereocenters. The van der Waals surface area contributed by atoms with E-state index in [4.69, 9.17) is 9.84 Å². The molecule has 0 radical (unpaired) electrons. The van der Waals surface area contributed by atoms with E-state index in [1.165, 1.54) is 0 Å². The summed E-state index contributed by atoms with van der Waals surface area (Å²) in [6.45, 7) is 5.90. The standard InChI is InChI=1S/C16H21NO3/c1-12-7-8-14(13(10-12)6-5-9-18)15(19)17-11-16(2,3)20-4/h7-8,10,18H,9,11H2,1-4H3,(H,17,19). The normalized spacial score (nSPS) is 10.7. The number of nitrogens with one attached hydrogen (secondary N) is 1. The van der Waals surface area contributed by atoms with Crippen LogP contribution in [0.25, 0.3) is 0 Å². The topological polar surface area (TPSA) is 58.6 Å². The van der Waals surface area contributed by atoms with Crippen LogP contribution in [0.4, 0.5) is 0 Å². The first-order chi connectivity index (χ1) is 9.39. The zero-order valence-electron chi connectivity index (χ0n) is 12.4. The van der Waals surface area contributed by atoms with E-state index in [-0.39, 0.29) is 12.5 Å². The summed E-state index contributed by atoms with van der Waals surface area (Å²) in [5.74, 6) is 5.18. The van der Waals surface area contributed by atoms with E-state index < -0.39 is 5.60 Å². The molecule has 0 aliphatic rings. The monoisotopic (exact) mass is 275 g/mol. The number of aliphatic hydroxyl groups excluding tert-OH is 1. The van der Waals surface area contributed by atoms with E-state index in [2.05, 4.69) is 17.2 Å². The highest BCUT2D eigenvalue weighted by atomic mass is 16.5. The van der Waals surface area contributed by atoms with Gasteiger partial charge in [-0.05, 0) is 38.5 Å². The third-order valence-corrected chi connectivity index (χ3v) is 2.95. The molecule has 0 heterocycles. The molecule has 0 fully saturated rings. The molecular weight excluding hydrogens is 254 g/mol. The van der Waals surface area contributed by atoms with E-state index >= 15 is 0 Å². The number of aliphatic hydroxyl groups is 1. The Morgan fingerprint density at radius 1 is 1.45 bits per heavy atom. The van der Waals surface area contributed by atoms with Crippen molar-refractivity contribution in [3.05, 3.63) is 34.9 Å². The van der Waals surface area contributed by atoms with Gasteiger partial charge in [0.05, 0.1) is 11.2 Å². The Balaban J connectivity index is 2.92. The second-order valence-corrected chi connectivity index (χ2v) is 5.16. The van der Waals surface area contributed by atoms with Crippen molar-refractivity contribution in [1.29, 1.82) is 0 Å². The van der Waals surface area contributed by atoms with Gasteiger partial charge in [-0.25, -0.2) is 0 Å². The van der Waals surface area contributed by atoms with Crippen molar-refractivity contribution < 1.29 is 14.6 Å². The molecule has 4 nitrogen and oxygen atoms in total. The smallest absolute Gasteiger partial charge is 0.252 e. The Labute approximate surface area is 120 Å². The van der Waals surface area contributed by atoms with Crippen molar-refractivity contribution in [2.75, 3.05) is 20.3 Å². The van der Waals surface area contributed by atoms with Gasteiger partial charge in [0.2, 0.25) is 0 Å². The summed E-state index contributed by atoms with van der Waals surface area (Å²) in [7, 11) is 1.61. The van der Waals surface area contributed by atoms with Gasteiger partial charge in [0.25, 0.3) is 5.91 Å².